The number of phenols is 1. The first-order chi connectivity index (χ1) is 27.4. The third-order valence-electron chi connectivity index (χ3n) is 11.2. The van der Waals surface area contributed by atoms with Crippen molar-refractivity contribution in [3.05, 3.63) is 120 Å². The minimum atomic E-state index is -1.41. The number of unbranched alkanes of at least 4 members (excludes halogenated alkanes) is 2. The molecule has 0 radical (unpaired) electrons. The number of ether oxygens (including phenoxy) is 4. The number of rotatable bonds is 20. The molecule has 11 heteroatoms. The van der Waals surface area contributed by atoms with Crippen LogP contribution < -0.4 is 4.74 Å². The van der Waals surface area contributed by atoms with Crippen LogP contribution in [0, 0.1) is 17.8 Å². The monoisotopic (exact) mass is 768 g/mol. The Hall–Kier alpha value is -4.68. The number of likely N-dealkylation sites (N-methyl/N-ethyl adjacent to an activating group) is 1. The Morgan fingerprint density at radius 1 is 0.946 bits per heavy atom. The summed E-state index contributed by atoms with van der Waals surface area (Å²) in [6.45, 7) is 5.22. The van der Waals surface area contributed by atoms with Gasteiger partial charge in [-0.15, -0.1) is 6.58 Å². The summed E-state index contributed by atoms with van der Waals surface area (Å²) in [5, 5.41) is 35.3. The van der Waals surface area contributed by atoms with Crippen molar-refractivity contribution in [1.82, 2.24) is 4.90 Å². The first-order valence-corrected chi connectivity index (χ1v) is 19.8. The number of allylic oxidation sites excluding steroid dienone is 1. The van der Waals surface area contributed by atoms with E-state index in [2.05, 4.69) is 12.7 Å². The van der Waals surface area contributed by atoms with Crippen LogP contribution in [0.4, 0.5) is 4.79 Å². The molecule has 300 valence electrons. The summed E-state index contributed by atoms with van der Waals surface area (Å²) in [5.41, 5.74) is 4.44. The van der Waals surface area contributed by atoms with Crippen LogP contribution >= 0.6 is 0 Å². The zero-order valence-corrected chi connectivity index (χ0v) is 32.3. The molecule has 56 heavy (non-hydrogen) atoms. The van der Waals surface area contributed by atoms with Crippen LogP contribution in [0.3, 0.4) is 0 Å². The summed E-state index contributed by atoms with van der Waals surface area (Å²) in [7, 11) is 1.69. The van der Waals surface area contributed by atoms with Crippen molar-refractivity contribution >= 4 is 11.8 Å². The number of aromatic hydroxyl groups is 1. The second-order valence-corrected chi connectivity index (χ2v) is 14.8. The second kappa shape index (κ2) is 20.0. The highest BCUT2D eigenvalue weighted by Gasteiger charge is 2.65. The number of amides is 1. The summed E-state index contributed by atoms with van der Waals surface area (Å²) in [5.74, 6) is -1.30. The van der Waals surface area contributed by atoms with Gasteiger partial charge in [-0.05, 0) is 72.4 Å². The number of aliphatic hydroxyl groups is 2. The zero-order chi connectivity index (χ0) is 39.3. The number of hydrogen-bond donors (Lipinski definition) is 3. The molecular weight excluding hydrogens is 713 g/mol. The fourth-order valence-corrected chi connectivity index (χ4v) is 8.68. The molecule has 1 saturated carbocycles. The van der Waals surface area contributed by atoms with Crippen molar-refractivity contribution in [3.63, 3.8) is 0 Å². The van der Waals surface area contributed by atoms with E-state index < -0.39 is 23.8 Å². The van der Waals surface area contributed by atoms with Gasteiger partial charge in [-0.2, -0.15) is 0 Å². The number of benzene rings is 3. The zero-order valence-electron chi connectivity index (χ0n) is 32.3. The maximum Gasteiger partial charge on any atom is 0.410 e. The van der Waals surface area contributed by atoms with E-state index in [0.717, 1.165) is 47.9 Å². The predicted molar refractivity (Wildman–Crippen MR) is 213 cm³/mol. The maximum atomic E-state index is 14.0. The average molecular weight is 769 g/mol. The molecule has 6 atom stereocenters. The Bertz CT molecular complexity index is 1780. The van der Waals surface area contributed by atoms with E-state index in [1.807, 2.05) is 60.7 Å². The fourth-order valence-electron chi connectivity index (χ4n) is 8.68. The first-order valence-electron chi connectivity index (χ1n) is 19.8. The third-order valence-corrected chi connectivity index (χ3v) is 11.2. The van der Waals surface area contributed by atoms with Crippen LogP contribution in [0.1, 0.15) is 67.6 Å². The van der Waals surface area contributed by atoms with E-state index in [0.29, 0.717) is 30.9 Å². The molecule has 1 amide bonds. The van der Waals surface area contributed by atoms with Crippen LogP contribution in [0.25, 0.3) is 0 Å². The van der Waals surface area contributed by atoms with Gasteiger partial charge in [-0.25, -0.2) is 4.79 Å². The first kappa shape index (κ1) is 41.0. The highest BCUT2D eigenvalue weighted by molar-refractivity contribution is 6.02. The van der Waals surface area contributed by atoms with Gasteiger partial charge >= 0.3 is 6.09 Å². The summed E-state index contributed by atoms with van der Waals surface area (Å²) in [6, 6.07) is 24.1. The quantitative estimate of drug-likeness (QED) is 0.0606. The number of carbonyl (C=O) groups excluding carboxylic acids is 1. The lowest BCUT2D eigenvalue weighted by atomic mass is 9.55. The molecule has 0 unspecified atom stereocenters. The van der Waals surface area contributed by atoms with Gasteiger partial charge in [0.2, 0.25) is 5.79 Å². The number of oxime groups is 1. The lowest BCUT2D eigenvalue weighted by Gasteiger charge is -2.59. The van der Waals surface area contributed by atoms with Crippen LogP contribution in [0.5, 0.6) is 11.5 Å². The molecule has 3 aromatic carbocycles. The van der Waals surface area contributed by atoms with Crippen molar-refractivity contribution in [2.24, 2.45) is 22.9 Å². The molecule has 2 aliphatic carbocycles. The molecular formula is C45H56N2O9. The number of aliphatic hydroxyl groups excluding tert-OH is 2. The van der Waals surface area contributed by atoms with E-state index in [9.17, 15) is 20.1 Å². The summed E-state index contributed by atoms with van der Waals surface area (Å²) < 4.78 is 25.5. The molecule has 11 nitrogen and oxygen atoms in total. The Labute approximate surface area is 330 Å². The van der Waals surface area contributed by atoms with Gasteiger partial charge in [-0.3, -0.25) is 0 Å². The molecule has 1 aliphatic heterocycles. The van der Waals surface area contributed by atoms with Crippen LogP contribution in [0.2, 0.25) is 0 Å². The fraction of sp³-hybridized carbons (Fsp3) is 0.467. The molecule has 1 heterocycles. The van der Waals surface area contributed by atoms with E-state index in [1.165, 1.54) is 0 Å². The van der Waals surface area contributed by atoms with Gasteiger partial charge in [-0.1, -0.05) is 90.8 Å². The lowest BCUT2D eigenvalue weighted by Crippen LogP contribution is -2.69. The molecule has 6 rings (SSSR count). The SMILES string of the molecule is C=CCO[C@@]12Oc3ccc(O)cc3[C@H]3[C@H](CCCCO)[C@@H](CCCCO)C=C(C(=NOCc4ccccc4)C[C@@H]1N(C)C(=O)OCCOCc1ccccc1)[C@H]32. The molecule has 3 aliphatic rings. The molecule has 0 bridgehead atoms. The van der Waals surface area contributed by atoms with Crippen molar-refractivity contribution in [2.75, 3.05) is 40.1 Å². The Morgan fingerprint density at radius 2 is 1.64 bits per heavy atom. The van der Waals surface area contributed by atoms with E-state index in [4.69, 9.17) is 28.9 Å². The smallest absolute Gasteiger partial charge is 0.410 e. The van der Waals surface area contributed by atoms with Crippen LogP contribution in [-0.4, -0.2) is 83.9 Å². The number of phenolic OH excluding ortho intramolecular Hbond substituents is 1. The standard InChI is InChI=1S/C45H56N2O9/c1-3-24-54-45-41(47(2)44(51)53-26-25-52-30-32-14-6-4-7-15-32)29-39(46-55-31-33-16-8-5-9-17-33)37-27-34(18-10-12-22-48)36(19-11-13-23-49)42(43(37)45)38-28-35(50)20-21-40(38)56-45/h3-9,14-17,20-21,27-28,34,36,41-43,48-50H,1,10-13,18-19,22-26,29-31H2,2H3/t34-,36+,41-,42+,43+,45+/m0/s1. The van der Waals surface area contributed by atoms with E-state index in [1.54, 1.807) is 36.2 Å². The third kappa shape index (κ3) is 9.46. The van der Waals surface area contributed by atoms with E-state index in [-0.39, 0.29) is 69.6 Å². The minimum Gasteiger partial charge on any atom is -0.508 e. The molecule has 1 fully saturated rings. The normalized spacial score (nSPS) is 24.3. The van der Waals surface area contributed by atoms with E-state index >= 15 is 0 Å². The lowest BCUT2D eigenvalue weighted by molar-refractivity contribution is -0.253. The van der Waals surface area contributed by atoms with Crippen molar-refractivity contribution in [3.8, 4) is 11.5 Å². The van der Waals surface area contributed by atoms with Gasteiger partial charge in [0.25, 0.3) is 0 Å². The molecule has 3 N–H and O–H groups in total. The minimum absolute atomic E-state index is 0.0486. The molecule has 3 aromatic rings. The van der Waals surface area contributed by atoms with Crippen molar-refractivity contribution in [1.29, 1.82) is 0 Å². The predicted octanol–water partition coefficient (Wildman–Crippen LogP) is 7.51. The Morgan fingerprint density at radius 3 is 2.34 bits per heavy atom. The van der Waals surface area contributed by atoms with Crippen molar-refractivity contribution in [2.45, 2.75) is 75.9 Å². The second-order valence-electron chi connectivity index (χ2n) is 14.8. The molecule has 0 saturated heterocycles. The number of carbonyl (C=O) groups is 1. The summed E-state index contributed by atoms with van der Waals surface area (Å²) in [6.07, 6.45) is 8.21. The number of hydrogen-bond acceptors (Lipinski definition) is 10. The Balaban J connectivity index is 1.41. The summed E-state index contributed by atoms with van der Waals surface area (Å²) in [4.78, 5) is 21.6. The number of nitrogens with zero attached hydrogens (tertiary/aromatic N) is 2. The summed E-state index contributed by atoms with van der Waals surface area (Å²) >= 11 is 0. The molecule has 0 spiro atoms. The van der Waals surface area contributed by atoms with Gasteiger partial charge in [0.15, 0.2) is 0 Å². The highest BCUT2D eigenvalue weighted by atomic mass is 16.7. The number of fused-ring (bicyclic) bond motifs is 2. The van der Waals surface area contributed by atoms with Gasteiger partial charge in [0.1, 0.15) is 30.8 Å². The van der Waals surface area contributed by atoms with Crippen LogP contribution in [0.15, 0.2) is 108 Å². The van der Waals surface area contributed by atoms with Gasteiger partial charge in [0, 0.05) is 38.2 Å². The highest BCUT2D eigenvalue weighted by Crippen LogP contribution is 2.61. The maximum absolute atomic E-state index is 14.0. The Kier molecular flexibility index (Phi) is 14.6. The van der Waals surface area contributed by atoms with Gasteiger partial charge in [0.05, 0.1) is 31.5 Å². The van der Waals surface area contributed by atoms with Crippen LogP contribution in [-0.2, 0) is 32.3 Å². The topological polar surface area (TPSA) is 140 Å². The average Bonchev–Trinajstić information content (AvgIpc) is 3.22. The van der Waals surface area contributed by atoms with Gasteiger partial charge < -0.3 is 44.0 Å². The largest absolute Gasteiger partial charge is 0.508 e. The molecule has 0 aromatic heterocycles. The van der Waals surface area contributed by atoms with Crippen molar-refractivity contribution < 1.29 is 43.9 Å².